The van der Waals surface area contributed by atoms with Crippen LogP contribution < -0.4 is 0 Å². The van der Waals surface area contributed by atoms with E-state index in [0.717, 1.165) is 16.5 Å². The molecule has 1 aromatic carbocycles. The summed E-state index contributed by atoms with van der Waals surface area (Å²) < 4.78 is 8.84. The number of amides is 1. The molecule has 2 aromatic rings. The number of ether oxygens (including phenoxy) is 1. The highest BCUT2D eigenvalue weighted by atomic mass is 79.9. The summed E-state index contributed by atoms with van der Waals surface area (Å²) in [6, 6.07) is 8.14. The van der Waals surface area contributed by atoms with E-state index in [1.807, 2.05) is 37.8 Å². The molecule has 1 fully saturated rings. The molecule has 0 saturated carbocycles. The number of aromatic nitrogens is 2. The number of benzene rings is 1. The quantitative estimate of drug-likeness (QED) is 0.747. The number of hydrogen-bond donors (Lipinski definition) is 0. The number of nitrogens with zero attached hydrogens (tertiary/aromatic N) is 3. The van der Waals surface area contributed by atoms with Gasteiger partial charge in [-0.1, -0.05) is 35.0 Å². The van der Waals surface area contributed by atoms with Crippen molar-refractivity contribution in [2.24, 2.45) is 0 Å². The van der Waals surface area contributed by atoms with Gasteiger partial charge in [0.25, 0.3) is 0 Å². The van der Waals surface area contributed by atoms with E-state index >= 15 is 0 Å². The Kier molecular flexibility index (Phi) is 4.77. The van der Waals surface area contributed by atoms with Crippen molar-refractivity contribution in [1.82, 2.24) is 14.5 Å². The van der Waals surface area contributed by atoms with Gasteiger partial charge in [-0.3, -0.25) is 9.47 Å². The van der Waals surface area contributed by atoms with Crippen molar-refractivity contribution < 1.29 is 9.53 Å². The maximum absolute atomic E-state index is 13.2. The second kappa shape index (κ2) is 6.57. The minimum absolute atomic E-state index is 0.0647. The molecule has 2 atom stereocenters. The summed E-state index contributed by atoms with van der Waals surface area (Å²) in [7, 11) is 0. The lowest BCUT2D eigenvalue weighted by Gasteiger charge is -2.44. The second-order valence-electron chi connectivity index (χ2n) is 7.26. The van der Waals surface area contributed by atoms with Crippen LogP contribution in [0, 0.1) is 0 Å². The highest BCUT2D eigenvalue weighted by Gasteiger charge is 2.55. The lowest BCUT2D eigenvalue weighted by Crippen LogP contribution is -2.57. The minimum Gasteiger partial charge on any atom is -0.353 e. The fourth-order valence-electron chi connectivity index (χ4n) is 3.86. The van der Waals surface area contributed by atoms with Crippen molar-refractivity contribution >= 4 is 22.0 Å². The summed E-state index contributed by atoms with van der Waals surface area (Å²) in [5, 5.41) is 0. The molecule has 25 heavy (non-hydrogen) atoms. The third-order valence-electron chi connectivity index (χ3n) is 5.01. The van der Waals surface area contributed by atoms with Crippen LogP contribution in [0.25, 0.3) is 0 Å². The van der Waals surface area contributed by atoms with Gasteiger partial charge >= 0.3 is 6.03 Å². The van der Waals surface area contributed by atoms with Crippen molar-refractivity contribution in [1.29, 1.82) is 0 Å². The number of carbonyl (C=O) groups excluding carboxylic acids is 1. The second-order valence-corrected chi connectivity index (χ2v) is 8.17. The van der Waals surface area contributed by atoms with Crippen LogP contribution in [0.4, 0.5) is 4.79 Å². The van der Waals surface area contributed by atoms with E-state index in [9.17, 15) is 4.79 Å². The topological polar surface area (TPSA) is 47.4 Å². The zero-order valence-electron chi connectivity index (χ0n) is 15.1. The molecule has 1 saturated heterocycles. The van der Waals surface area contributed by atoms with Crippen molar-refractivity contribution in [3.05, 3.63) is 53.0 Å². The molecule has 1 aromatic heterocycles. The van der Waals surface area contributed by atoms with Crippen LogP contribution in [-0.4, -0.2) is 38.4 Å². The number of carbonyl (C=O) groups is 1. The minimum atomic E-state index is -0.729. The van der Waals surface area contributed by atoms with Crippen molar-refractivity contribution in [2.75, 3.05) is 6.61 Å². The molecular weight excluding hydrogens is 382 g/mol. The van der Waals surface area contributed by atoms with E-state index in [1.54, 1.807) is 12.4 Å². The molecule has 2 unspecified atom stereocenters. The first-order valence-corrected chi connectivity index (χ1v) is 9.31. The Morgan fingerprint density at radius 3 is 2.56 bits per heavy atom. The average Bonchev–Trinajstić information content (AvgIpc) is 3.17. The highest BCUT2D eigenvalue weighted by molar-refractivity contribution is 9.10. The molecule has 0 radical (unpaired) electrons. The third kappa shape index (κ3) is 3.13. The van der Waals surface area contributed by atoms with Crippen LogP contribution in [0.1, 0.15) is 45.6 Å². The Hall–Kier alpha value is -1.66. The largest absolute Gasteiger partial charge is 0.353 e. The normalized spacial score (nSPS) is 23.6. The molecule has 1 aliphatic rings. The summed E-state index contributed by atoms with van der Waals surface area (Å²) in [6.45, 7) is 8.74. The predicted molar refractivity (Wildman–Crippen MR) is 100 cm³/mol. The lowest BCUT2D eigenvalue weighted by atomic mass is 9.85. The van der Waals surface area contributed by atoms with Crippen molar-refractivity contribution in [3.63, 3.8) is 0 Å². The van der Waals surface area contributed by atoms with Crippen LogP contribution in [0.15, 0.2) is 47.5 Å². The van der Waals surface area contributed by atoms with Gasteiger partial charge in [-0.15, -0.1) is 0 Å². The Balaban J connectivity index is 2.04. The van der Waals surface area contributed by atoms with Crippen LogP contribution >= 0.6 is 15.9 Å². The molecule has 134 valence electrons. The number of hydrogen-bond acceptors (Lipinski definition) is 3. The van der Waals surface area contributed by atoms with E-state index in [1.165, 1.54) is 10.9 Å². The number of imidazole rings is 1. The maximum atomic E-state index is 13.2. The predicted octanol–water partition coefficient (Wildman–Crippen LogP) is 4.63. The van der Waals surface area contributed by atoms with Crippen LogP contribution in [0.3, 0.4) is 0 Å². The van der Waals surface area contributed by atoms with Gasteiger partial charge < -0.3 is 4.74 Å². The fraction of sp³-hybridized carbons (Fsp3) is 0.474. The van der Waals surface area contributed by atoms with Gasteiger partial charge in [-0.25, -0.2) is 9.78 Å². The van der Waals surface area contributed by atoms with Gasteiger partial charge in [0.2, 0.25) is 0 Å². The lowest BCUT2D eigenvalue weighted by molar-refractivity contribution is -0.0740. The van der Waals surface area contributed by atoms with Gasteiger partial charge in [0.1, 0.15) is 12.1 Å². The highest BCUT2D eigenvalue weighted by Crippen LogP contribution is 2.45. The molecule has 1 aliphatic heterocycles. The SMILES string of the molecule is CCC(c1ccc(Br)cc1)C1(C)OCC(C)(C)N1C(=O)n1ccnc1. The molecule has 3 rings (SSSR count). The first kappa shape index (κ1) is 18.1. The van der Waals surface area contributed by atoms with Crippen LogP contribution in [0.2, 0.25) is 0 Å². The fourth-order valence-corrected chi connectivity index (χ4v) is 4.13. The van der Waals surface area contributed by atoms with E-state index < -0.39 is 11.3 Å². The van der Waals surface area contributed by atoms with Gasteiger partial charge in [0.15, 0.2) is 0 Å². The first-order valence-electron chi connectivity index (χ1n) is 8.51. The molecule has 0 aliphatic carbocycles. The number of halogens is 1. The van der Waals surface area contributed by atoms with E-state index in [0.29, 0.717) is 6.61 Å². The maximum Gasteiger partial charge on any atom is 0.332 e. The molecule has 0 bridgehead atoms. The molecule has 0 spiro atoms. The molecule has 0 N–H and O–H groups in total. The molecule has 5 nitrogen and oxygen atoms in total. The summed E-state index contributed by atoms with van der Waals surface area (Å²) in [4.78, 5) is 19.1. The summed E-state index contributed by atoms with van der Waals surface area (Å²) >= 11 is 3.49. The van der Waals surface area contributed by atoms with Crippen LogP contribution in [0.5, 0.6) is 0 Å². The zero-order chi connectivity index (χ0) is 18.2. The summed E-state index contributed by atoms with van der Waals surface area (Å²) in [6.07, 6.45) is 5.70. The van der Waals surface area contributed by atoms with Gasteiger partial charge in [0.05, 0.1) is 12.1 Å². The Labute approximate surface area is 157 Å². The summed E-state index contributed by atoms with van der Waals surface area (Å²) in [5.74, 6) is 0.0647. The molecular formula is C19H24BrN3O2. The third-order valence-corrected chi connectivity index (χ3v) is 5.54. The van der Waals surface area contributed by atoms with E-state index in [4.69, 9.17) is 4.74 Å². The zero-order valence-corrected chi connectivity index (χ0v) is 16.7. The molecule has 2 heterocycles. The number of rotatable bonds is 3. The van der Waals surface area contributed by atoms with Gasteiger partial charge in [0, 0.05) is 22.8 Å². The van der Waals surface area contributed by atoms with E-state index in [-0.39, 0.29) is 11.9 Å². The smallest absolute Gasteiger partial charge is 0.332 e. The summed E-state index contributed by atoms with van der Waals surface area (Å²) in [5.41, 5.74) is 0.0288. The van der Waals surface area contributed by atoms with Crippen LogP contribution in [-0.2, 0) is 4.74 Å². The Morgan fingerprint density at radius 1 is 1.32 bits per heavy atom. The van der Waals surface area contributed by atoms with Crippen molar-refractivity contribution in [3.8, 4) is 0 Å². The average molecular weight is 406 g/mol. The monoisotopic (exact) mass is 405 g/mol. The van der Waals surface area contributed by atoms with E-state index in [2.05, 4.69) is 40.0 Å². The Bertz CT molecular complexity index is 743. The molecule has 6 heteroatoms. The Morgan fingerprint density at radius 2 is 2.00 bits per heavy atom. The van der Waals surface area contributed by atoms with Crippen molar-refractivity contribution in [2.45, 2.75) is 51.3 Å². The van der Waals surface area contributed by atoms with Gasteiger partial charge in [-0.2, -0.15) is 0 Å². The first-order chi connectivity index (χ1) is 11.8. The standard InChI is InChI=1S/C19H24BrN3O2/c1-5-16(14-6-8-15(20)9-7-14)19(4)23(18(2,3)12-25-19)17(24)22-11-10-21-13-22/h6-11,13,16H,5,12H2,1-4H3. The molecule has 1 amide bonds. The van der Waals surface area contributed by atoms with Gasteiger partial charge in [-0.05, 0) is 44.9 Å².